The zero-order chi connectivity index (χ0) is 19.7. The van der Waals surface area contributed by atoms with Crippen LogP contribution >= 0.6 is 11.6 Å². The van der Waals surface area contributed by atoms with E-state index in [1.54, 1.807) is 43.2 Å². The summed E-state index contributed by atoms with van der Waals surface area (Å²) in [6.07, 6.45) is 1.64. The summed E-state index contributed by atoms with van der Waals surface area (Å²) < 4.78 is 6.86. The highest BCUT2D eigenvalue weighted by atomic mass is 35.5. The number of ether oxygens (including phenoxy) is 1. The third-order valence-corrected chi connectivity index (χ3v) is 4.79. The molecule has 0 unspecified atom stereocenters. The third-order valence-electron chi connectivity index (χ3n) is 4.46. The molecule has 0 fully saturated rings. The van der Waals surface area contributed by atoms with Gasteiger partial charge in [0.1, 0.15) is 5.75 Å². The summed E-state index contributed by atoms with van der Waals surface area (Å²) in [5, 5.41) is 8.27. The largest absolute Gasteiger partial charge is 0.497 e. The van der Waals surface area contributed by atoms with Gasteiger partial charge in [-0.1, -0.05) is 23.7 Å². The molecule has 1 amide bonds. The van der Waals surface area contributed by atoms with Gasteiger partial charge in [-0.2, -0.15) is 5.10 Å². The Morgan fingerprint density at radius 3 is 2.61 bits per heavy atom. The monoisotopic (exact) mass is 392 g/mol. The van der Waals surface area contributed by atoms with Gasteiger partial charge in [0, 0.05) is 12.6 Å². The number of pyridine rings is 1. The van der Waals surface area contributed by atoms with Gasteiger partial charge in [-0.3, -0.25) is 9.48 Å². The van der Waals surface area contributed by atoms with E-state index in [1.165, 1.54) is 0 Å². The van der Waals surface area contributed by atoms with Gasteiger partial charge in [0.25, 0.3) is 5.91 Å². The summed E-state index contributed by atoms with van der Waals surface area (Å²) in [4.78, 5) is 17.7. The Morgan fingerprint density at radius 2 is 1.89 bits per heavy atom. The number of carbonyl (C=O) groups excluding carboxylic acids is 1. The van der Waals surface area contributed by atoms with Crippen LogP contribution in [0.15, 0.2) is 60.8 Å². The van der Waals surface area contributed by atoms with Crippen LogP contribution in [0.4, 0.5) is 5.69 Å². The highest BCUT2D eigenvalue weighted by Gasteiger charge is 2.17. The molecule has 0 saturated heterocycles. The minimum Gasteiger partial charge on any atom is -0.497 e. The smallest absolute Gasteiger partial charge is 0.256 e. The van der Waals surface area contributed by atoms with E-state index in [4.69, 9.17) is 16.3 Å². The number of carbonyl (C=O) groups is 1. The molecule has 6 nitrogen and oxygen atoms in total. The topological polar surface area (TPSA) is 69.0 Å². The van der Waals surface area contributed by atoms with Crippen molar-refractivity contribution in [3.8, 4) is 17.0 Å². The lowest BCUT2D eigenvalue weighted by atomic mass is 10.1. The van der Waals surface area contributed by atoms with Crippen molar-refractivity contribution in [2.75, 3.05) is 12.4 Å². The SMILES string of the molecule is COc1ccc(-c2cc(C(=O)Nc3ccccc3Cl)c3cnn(C)c3n2)cc1. The number of hydrogen-bond acceptors (Lipinski definition) is 4. The van der Waals surface area contributed by atoms with Crippen molar-refractivity contribution >= 4 is 34.2 Å². The highest BCUT2D eigenvalue weighted by molar-refractivity contribution is 6.34. The number of aryl methyl sites for hydroxylation is 1. The standard InChI is InChI=1S/C21H17ClN4O2/c1-26-20-16(12-23-26)15(21(27)25-18-6-4-3-5-17(18)22)11-19(24-20)13-7-9-14(28-2)10-8-13/h3-12H,1-2H3,(H,25,27). The second-order valence-corrected chi connectivity index (χ2v) is 6.63. The van der Waals surface area contributed by atoms with Crippen molar-refractivity contribution in [1.29, 1.82) is 0 Å². The lowest BCUT2D eigenvalue weighted by Crippen LogP contribution is -2.13. The molecule has 2 aromatic heterocycles. The second-order valence-electron chi connectivity index (χ2n) is 6.22. The average Bonchev–Trinajstić information content (AvgIpc) is 3.10. The van der Waals surface area contributed by atoms with Crippen LogP contribution in [0.2, 0.25) is 5.02 Å². The van der Waals surface area contributed by atoms with Gasteiger partial charge in [0.2, 0.25) is 0 Å². The number of anilines is 1. The summed E-state index contributed by atoms with van der Waals surface area (Å²) in [5.74, 6) is 0.477. The number of fused-ring (bicyclic) bond motifs is 1. The van der Waals surface area contributed by atoms with Crippen LogP contribution in [0.3, 0.4) is 0 Å². The van der Waals surface area contributed by atoms with Crippen molar-refractivity contribution in [3.05, 3.63) is 71.4 Å². The number of methoxy groups -OCH3 is 1. The Kier molecular flexibility index (Phi) is 4.71. The van der Waals surface area contributed by atoms with Crippen LogP contribution in [0, 0.1) is 0 Å². The van der Waals surface area contributed by atoms with Gasteiger partial charge in [-0.15, -0.1) is 0 Å². The molecule has 2 aromatic carbocycles. The molecule has 28 heavy (non-hydrogen) atoms. The predicted octanol–water partition coefficient (Wildman–Crippen LogP) is 4.55. The minimum atomic E-state index is -0.275. The van der Waals surface area contributed by atoms with E-state index in [0.29, 0.717) is 33.0 Å². The van der Waals surface area contributed by atoms with E-state index in [9.17, 15) is 4.79 Å². The Bertz CT molecular complexity index is 1170. The van der Waals surface area contributed by atoms with Crippen molar-refractivity contribution in [1.82, 2.24) is 14.8 Å². The quantitative estimate of drug-likeness (QED) is 0.553. The predicted molar refractivity (Wildman–Crippen MR) is 110 cm³/mol. The fourth-order valence-electron chi connectivity index (χ4n) is 2.96. The van der Waals surface area contributed by atoms with Crippen molar-refractivity contribution in [2.45, 2.75) is 0 Å². The number of aromatic nitrogens is 3. The maximum atomic E-state index is 13.0. The molecule has 140 valence electrons. The Morgan fingerprint density at radius 1 is 1.14 bits per heavy atom. The number of para-hydroxylation sites is 1. The molecule has 1 N–H and O–H groups in total. The van der Waals surface area contributed by atoms with Crippen molar-refractivity contribution < 1.29 is 9.53 Å². The molecule has 4 aromatic rings. The lowest BCUT2D eigenvalue weighted by Gasteiger charge is -2.10. The minimum absolute atomic E-state index is 0.275. The van der Waals surface area contributed by atoms with E-state index in [0.717, 1.165) is 11.3 Å². The highest BCUT2D eigenvalue weighted by Crippen LogP contribution is 2.28. The molecule has 0 aliphatic rings. The zero-order valence-corrected chi connectivity index (χ0v) is 16.1. The van der Waals surface area contributed by atoms with Gasteiger partial charge in [0.05, 0.1) is 40.7 Å². The van der Waals surface area contributed by atoms with Gasteiger partial charge < -0.3 is 10.1 Å². The van der Waals surface area contributed by atoms with E-state index < -0.39 is 0 Å². The Labute approximate surface area is 166 Å². The van der Waals surface area contributed by atoms with Gasteiger partial charge in [0.15, 0.2) is 5.65 Å². The fourth-order valence-corrected chi connectivity index (χ4v) is 3.15. The number of halogens is 1. The summed E-state index contributed by atoms with van der Waals surface area (Å²) in [7, 11) is 3.41. The van der Waals surface area contributed by atoms with E-state index in [1.807, 2.05) is 36.4 Å². The van der Waals surface area contributed by atoms with Gasteiger partial charge in [-0.25, -0.2) is 4.98 Å². The molecule has 0 aliphatic carbocycles. The summed E-state index contributed by atoms with van der Waals surface area (Å²) >= 11 is 6.18. The Balaban J connectivity index is 1.80. The molecule has 0 aliphatic heterocycles. The first-order valence-corrected chi connectivity index (χ1v) is 8.97. The molecule has 0 atom stereocenters. The summed E-state index contributed by atoms with van der Waals surface area (Å²) in [5.41, 5.74) is 3.19. The van der Waals surface area contributed by atoms with Crippen LogP contribution in [-0.2, 0) is 7.05 Å². The number of nitrogens with zero attached hydrogens (tertiary/aromatic N) is 3. The molecule has 0 spiro atoms. The average molecular weight is 393 g/mol. The first-order chi connectivity index (χ1) is 13.6. The van der Waals surface area contributed by atoms with Gasteiger partial charge >= 0.3 is 0 Å². The normalized spacial score (nSPS) is 10.8. The second kappa shape index (κ2) is 7.32. The van der Waals surface area contributed by atoms with Crippen LogP contribution in [0.1, 0.15) is 10.4 Å². The van der Waals surface area contributed by atoms with E-state index in [-0.39, 0.29) is 5.91 Å². The molecular weight excluding hydrogens is 376 g/mol. The van der Waals surface area contributed by atoms with Crippen LogP contribution in [0.5, 0.6) is 5.75 Å². The first-order valence-electron chi connectivity index (χ1n) is 8.60. The zero-order valence-electron chi connectivity index (χ0n) is 15.3. The number of amides is 1. The van der Waals surface area contributed by atoms with Crippen molar-refractivity contribution in [2.24, 2.45) is 7.05 Å². The number of hydrogen-bond donors (Lipinski definition) is 1. The molecular formula is C21H17ClN4O2. The van der Waals surface area contributed by atoms with E-state index >= 15 is 0 Å². The molecule has 4 rings (SSSR count). The number of rotatable bonds is 4. The molecule has 2 heterocycles. The fraction of sp³-hybridized carbons (Fsp3) is 0.0952. The maximum absolute atomic E-state index is 13.0. The van der Waals surface area contributed by atoms with E-state index in [2.05, 4.69) is 15.4 Å². The number of nitrogens with one attached hydrogen (secondary N) is 1. The summed E-state index contributed by atoms with van der Waals surface area (Å²) in [6, 6.07) is 16.4. The molecule has 0 radical (unpaired) electrons. The number of benzene rings is 2. The molecule has 0 bridgehead atoms. The van der Waals surface area contributed by atoms with Crippen LogP contribution in [0.25, 0.3) is 22.3 Å². The van der Waals surface area contributed by atoms with Crippen LogP contribution in [-0.4, -0.2) is 27.8 Å². The molecule has 7 heteroatoms. The van der Waals surface area contributed by atoms with Crippen molar-refractivity contribution in [3.63, 3.8) is 0 Å². The third kappa shape index (κ3) is 3.30. The Hall–Kier alpha value is -3.38. The van der Waals surface area contributed by atoms with Crippen LogP contribution < -0.4 is 10.1 Å². The maximum Gasteiger partial charge on any atom is 0.256 e. The summed E-state index contributed by atoms with van der Waals surface area (Å²) in [6.45, 7) is 0. The lowest BCUT2D eigenvalue weighted by molar-refractivity contribution is 0.102. The molecule has 0 saturated carbocycles. The first kappa shape index (κ1) is 18.0. The van der Waals surface area contributed by atoms with Gasteiger partial charge in [-0.05, 0) is 42.5 Å².